The molecule has 0 amide bonds. The lowest BCUT2D eigenvalue weighted by molar-refractivity contribution is -0.140. The Bertz CT molecular complexity index is 250. The van der Waals surface area contributed by atoms with E-state index in [1.807, 2.05) is 0 Å². The molecule has 0 spiro atoms. The minimum absolute atomic E-state index is 0. The summed E-state index contributed by atoms with van der Waals surface area (Å²) in [5.41, 5.74) is 6.05. The summed E-state index contributed by atoms with van der Waals surface area (Å²) in [5, 5.41) is 0. The molecular formula is C11H21ClN2O2. The lowest BCUT2D eigenvalue weighted by Crippen LogP contribution is -2.31. The fraction of sp³-hybridized carbons (Fsp3) is 0.909. The van der Waals surface area contributed by atoms with Gasteiger partial charge in [-0.25, -0.2) is 0 Å². The molecule has 2 fully saturated rings. The Balaban J connectivity index is 0.00000128. The van der Waals surface area contributed by atoms with E-state index in [4.69, 9.17) is 5.73 Å². The Morgan fingerprint density at radius 1 is 1.44 bits per heavy atom. The van der Waals surface area contributed by atoms with Gasteiger partial charge in [-0.15, -0.1) is 12.4 Å². The molecule has 0 aromatic rings. The van der Waals surface area contributed by atoms with Gasteiger partial charge in [0.1, 0.15) is 0 Å². The number of nitrogens with zero attached hydrogens (tertiary/aromatic N) is 1. The zero-order valence-corrected chi connectivity index (χ0v) is 10.5. The molecule has 0 aromatic heterocycles. The van der Waals surface area contributed by atoms with Crippen LogP contribution in [0.5, 0.6) is 0 Å². The van der Waals surface area contributed by atoms with Crippen LogP contribution in [0.2, 0.25) is 0 Å². The van der Waals surface area contributed by atoms with Gasteiger partial charge in [0.15, 0.2) is 0 Å². The van der Waals surface area contributed by atoms with Crippen molar-refractivity contribution in [1.82, 2.24) is 4.90 Å². The summed E-state index contributed by atoms with van der Waals surface area (Å²) in [7, 11) is 1.44. The fourth-order valence-electron chi connectivity index (χ4n) is 2.93. The largest absolute Gasteiger partial charge is 0.469 e. The standard InChI is InChI=1S/C11H20N2O2.ClH/c1-15-11(14)4-5-13-6-8-2-3-10(12)9(8)7-13;/h8-10H,2-7,12H2,1H3;1H. The molecule has 4 nitrogen and oxygen atoms in total. The smallest absolute Gasteiger partial charge is 0.306 e. The first-order valence-electron chi connectivity index (χ1n) is 5.75. The maximum absolute atomic E-state index is 11.0. The fourth-order valence-corrected chi connectivity index (χ4v) is 2.93. The van der Waals surface area contributed by atoms with Gasteiger partial charge < -0.3 is 15.4 Å². The monoisotopic (exact) mass is 248 g/mol. The predicted molar refractivity (Wildman–Crippen MR) is 64.5 cm³/mol. The number of rotatable bonds is 3. The van der Waals surface area contributed by atoms with Gasteiger partial charge in [-0.2, -0.15) is 0 Å². The molecule has 1 aliphatic heterocycles. The predicted octanol–water partition coefficient (Wildman–Crippen LogP) is 0.640. The van der Waals surface area contributed by atoms with Crippen LogP contribution in [0.15, 0.2) is 0 Å². The summed E-state index contributed by atoms with van der Waals surface area (Å²) >= 11 is 0. The first-order valence-corrected chi connectivity index (χ1v) is 5.75. The van der Waals surface area contributed by atoms with Crippen LogP contribution in [0, 0.1) is 11.8 Å². The van der Waals surface area contributed by atoms with E-state index in [1.54, 1.807) is 0 Å². The summed E-state index contributed by atoms with van der Waals surface area (Å²) in [6.07, 6.45) is 2.95. The van der Waals surface area contributed by atoms with Gasteiger partial charge in [-0.1, -0.05) is 0 Å². The number of fused-ring (bicyclic) bond motifs is 1. The molecular weight excluding hydrogens is 228 g/mol. The van der Waals surface area contributed by atoms with E-state index in [9.17, 15) is 4.79 Å². The molecule has 5 heteroatoms. The van der Waals surface area contributed by atoms with Gasteiger partial charge in [0.25, 0.3) is 0 Å². The SMILES string of the molecule is COC(=O)CCN1CC2CCC(N)C2C1.Cl. The molecule has 1 saturated carbocycles. The lowest BCUT2D eigenvalue weighted by Gasteiger charge is -2.17. The Morgan fingerprint density at radius 3 is 2.81 bits per heavy atom. The molecule has 0 aromatic carbocycles. The number of ether oxygens (including phenoxy) is 1. The maximum atomic E-state index is 11.0. The molecule has 1 heterocycles. The number of hydrogen-bond donors (Lipinski definition) is 1. The van der Waals surface area contributed by atoms with Crippen molar-refractivity contribution in [2.24, 2.45) is 17.6 Å². The van der Waals surface area contributed by atoms with Gasteiger partial charge in [-0.3, -0.25) is 4.79 Å². The Labute approximate surface area is 103 Å². The van der Waals surface area contributed by atoms with Crippen molar-refractivity contribution in [3.63, 3.8) is 0 Å². The van der Waals surface area contributed by atoms with E-state index >= 15 is 0 Å². The summed E-state index contributed by atoms with van der Waals surface area (Å²) in [6, 6.07) is 0.387. The number of halogens is 1. The Morgan fingerprint density at radius 2 is 2.19 bits per heavy atom. The Hall–Kier alpha value is -0.320. The van der Waals surface area contributed by atoms with E-state index in [1.165, 1.54) is 20.0 Å². The van der Waals surface area contributed by atoms with Gasteiger partial charge in [0.05, 0.1) is 13.5 Å². The minimum Gasteiger partial charge on any atom is -0.469 e. The normalized spacial score (nSPS) is 33.2. The minimum atomic E-state index is -0.114. The number of carbonyl (C=O) groups excluding carboxylic acids is 1. The van der Waals surface area contributed by atoms with Crippen molar-refractivity contribution in [1.29, 1.82) is 0 Å². The zero-order valence-electron chi connectivity index (χ0n) is 9.72. The van der Waals surface area contributed by atoms with Crippen LogP contribution >= 0.6 is 12.4 Å². The molecule has 1 aliphatic carbocycles. The van der Waals surface area contributed by atoms with Crippen molar-refractivity contribution in [3.05, 3.63) is 0 Å². The van der Waals surface area contributed by atoms with Crippen LogP contribution in [0.25, 0.3) is 0 Å². The molecule has 3 unspecified atom stereocenters. The van der Waals surface area contributed by atoms with Gasteiger partial charge in [0, 0.05) is 25.7 Å². The highest BCUT2D eigenvalue weighted by Gasteiger charge is 2.40. The topological polar surface area (TPSA) is 55.6 Å². The molecule has 94 valence electrons. The first-order chi connectivity index (χ1) is 7.20. The molecule has 2 N–H and O–H groups in total. The number of methoxy groups -OCH3 is 1. The highest BCUT2D eigenvalue weighted by molar-refractivity contribution is 5.85. The summed E-state index contributed by atoms with van der Waals surface area (Å²) < 4.78 is 4.63. The third kappa shape index (κ3) is 2.87. The van der Waals surface area contributed by atoms with Crippen molar-refractivity contribution in [2.45, 2.75) is 25.3 Å². The highest BCUT2D eigenvalue weighted by Crippen LogP contribution is 2.36. The van der Waals surface area contributed by atoms with Gasteiger partial charge >= 0.3 is 5.97 Å². The van der Waals surface area contributed by atoms with Crippen molar-refractivity contribution < 1.29 is 9.53 Å². The molecule has 1 saturated heterocycles. The second-order valence-electron chi connectivity index (χ2n) is 4.75. The average Bonchev–Trinajstić information content (AvgIpc) is 2.78. The van der Waals surface area contributed by atoms with Crippen molar-refractivity contribution >= 4 is 18.4 Å². The van der Waals surface area contributed by atoms with Crippen LogP contribution < -0.4 is 5.73 Å². The van der Waals surface area contributed by atoms with E-state index < -0.39 is 0 Å². The van der Waals surface area contributed by atoms with Crippen LogP contribution in [-0.4, -0.2) is 43.7 Å². The van der Waals surface area contributed by atoms with E-state index in [0.29, 0.717) is 18.4 Å². The second-order valence-corrected chi connectivity index (χ2v) is 4.75. The summed E-state index contributed by atoms with van der Waals surface area (Å²) in [6.45, 7) is 3.02. The van der Waals surface area contributed by atoms with Crippen LogP contribution in [0.4, 0.5) is 0 Å². The molecule has 2 rings (SSSR count). The van der Waals surface area contributed by atoms with Gasteiger partial charge in [0.2, 0.25) is 0 Å². The highest BCUT2D eigenvalue weighted by atomic mass is 35.5. The van der Waals surface area contributed by atoms with Crippen LogP contribution in [0.3, 0.4) is 0 Å². The molecule has 0 radical (unpaired) electrons. The zero-order chi connectivity index (χ0) is 10.8. The van der Waals surface area contributed by atoms with E-state index in [-0.39, 0.29) is 18.4 Å². The maximum Gasteiger partial charge on any atom is 0.306 e. The summed E-state index contributed by atoms with van der Waals surface area (Å²) in [5.74, 6) is 1.33. The quantitative estimate of drug-likeness (QED) is 0.745. The first kappa shape index (κ1) is 13.7. The molecule has 3 atom stereocenters. The number of carbonyl (C=O) groups is 1. The third-order valence-electron chi connectivity index (χ3n) is 3.85. The lowest BCUT2D eigenvalue weighted by atomic mass is 9.98. The average molecular weight is 249 g/mol. The van der Waals surface area contributed by atoms with Gasteiger partial charge in [-0.05, 0) is 24.7 Å². The van der Waals surface area contributed by atoms with Crippen molar-refractivity contribution in [3.8, 4) is 0 Å². The number of nitrogens with two attached hydrogens (primary N) is 1. The Kier molecular flexibility index (Phi) is 5.02. The van der Waals surface area contributed by atoms with E-state index in [2.05, 4.69) is 9.64 Å². The van der Waals surface area contributed by atoms with Crippen LogP contribution in [0.1, 0.15) is 19.3 Å². The number of hydrogen-bond acceptors (Lipinski definition) is 4. The molecule has 16 heavy (non-hydrogen) atoms. The number of esters is 1. The second kappa shape index (κ2) is 5.84. The molecule has 2 aliphatic rings. The van der Waals surface area contributed by atoms with E-state index in [0.717, 1.165) is 25.6 Å². The summed E-state index contributed by atoms with van der Waals surface area (Å²) in [4.78, 5) is 13.4. The molecule has 0 bridgehead atoms. The third-order valence-corrected chi connectivity index (χ3v) is 3.85. The number of likely N-dealkylation sites (tertiary alicyclic amines) is 1. The van der Waals surface area contributed by atoms with Crippen molar-refractivity contribution in [2.75, 3.05) is 26.7 Å². The van der Waals surface area contributed by atoms with Crippen LogP contribution in [-0.2, 0) is 9.53 Å².